The Bertz CT molecular complexity index is 701. The Morgan fingerprint density at radius 2 is 2.05 bits per heavy atom. The first-order valence-electron chi connectivity index (χ1n) is 5.80. The van der Waals surface area contributed by atoms with Crippen LogP contribution in [-0.2, 0) is 0 Å². The molecular formula is C12H11ClN6O2. The van der Waals surface area contributed by atoms with E-state index in [9.17, 15) is 10.1 Å². The molecule has 1 heterocycles. The van der Waals surface area contributed by atoms with Crippen LogP contribution in [0.5, 0.6) is 0 Å². The number of benzene rings is 1. The van der Waals surface area contributed by atoms with Crippen molar-refractivity contribution in [1.29, 1.82) is 0 Å². The molecule has 0 aliphatic rings. The third-order valence-corrected chi connectivity index (χ3v) is 2.88. The van der Waals surface area contributed by atoms with Gasteiger partial charge in [-0.15, -0.1) is 0 Å². The van der Waals surface area contributed by atoms with Crippen molar-refractivity contribution < 1.29 is 4.92 Å². The summed E-state index contributed by atoms with van der Waals surface area (Å²) in [6, 6.07) is 7.01. The van der Waals surface area contributed by atoms with Gasteiger partial charge in [-0.05, 0) is 24.6 Å². The Kier molecular flexibility index (Phi) is 4.29. The predicted octanol–water partition coefficient (Wildman–Crippen LogP) is 2.46. The van der Waals surface area contributed by atoms with Crippen molar-refractivity contribution in [3.63, 3.8) is 0 Å². The molecule has 0 saturated carbocycles. The molecule has 0 aliphatic heterocycles. The highest BCUT2D eigenvalue weighted by atomic mass is 35.5. The van der Waals surface area contributed by atoms with Crippen molar-refractivity contribution in [1.82, 2.24) is 9.97 Å². The van der Waals surface area contributed by atoms with Crippen molar-refractivity contribution in [2.75, 3.05) is 11.2 Å². The van der Waals surface area contributed by atoms with E-state index in [2.05, 4.69) is 20.5 Å². The number of nitrogens with two attached hydrogens (primary N) is 1. The second kappa shape index (κ2) is 6.14. The molecule has 108 valence electrons. The monoisotopic (exact) mass is 306 g/mol. The van der Waals surface area contributed by atoms with Gasteiger partial charge in [0.1, 0.15) is 6.33 Å². The summed E-state index contributed by atoms with van der Waals surface area (Å²) < 4.78 is 0. The normalized spacial score (nSPS) is 11.2. The third kappa shape index (κ3) is 3.42. The minimum Gasteiger partial charge on any atom is -0.378 e. The lowest BCUT2D eigenvalue weighted by Crippen LogP contribution is -2.06. The van der Waals surface area contributed by atoms with Crippen LogP contribution in [0.4, 0.5) is 17.3 Å². The Hall–Kier alpha value is -2.74. The van der Waals surface area contributed by atoms with Crippen LogP contribution in [0.15, 0.2) is 35.7 Å². The van der Waals surface area contributed by atoms with Crippen molar-refractivity contribution >= 4 is 34.6 Å². The number of rotatable bonds is 4. The molecule has 0 atom stereocenters. The summed E-state index contributed by atoms with van der Waals surface area (Å²) in [7, 11) is 0. The summed E-state index contributed by atoms with van der Waals surface area (Å²) >= 11 is 5.80. The minimum absolute atomic E-state index is 0.0687. The van der Waals surface area contributed by atoms with Crippen LogP contribution >= 0.6 is 11.6 Å². The van der Waals surface area contributed by atoms with Gasteiger partial charge in [-0.25, -0.2) is 9.97 Å². The molecule has 0 saturated heterocycles. The Morgan fingerprint density at radius 3 is 2.67 bits per heavy atom. The Balaban J connectivity index is 2.27. The summed E-state index contributed by atoms with van der Waals surface area (Å²) in [5, 5.41) is 15.6. The molecule has 2 rings (SSSR count). The quantitative estimate of drug-likeness (QED) is 0.508. The summed E-state index contributed by atoms with van der Waals surface area (Å²) in [6.45, 7) is 1.74. The zero-order chi connectivity index (χ0) is 15.4. The SMILES string of the molecule is C/C(=N/Nc1ncnc(N)c1[N+](=O)[O-])c1ccc(Cl)cc1. The largest absolute Gasteiger partial charge is 0.378 e. The van der Waals surface area contributed by atoms with Gasteiger partial charge in [-0.3, -0.25) is 15.5 Å². The topological polar surface area (TPSA) is 119 Å². The average molecular weight is 307 g/mol. The maximum absolute atomic E-state index is 10.9. The van der Waals surface area contributed by atoms with E-state index in [-0.39, 0.29) is 11.6 Å². The van der Waals surface area contributed by atoms with Crippen LogP contribution in [0.3, 0.4) is 0 Å². The van der Waals surface area contributed by atoms with E-state index >= 15 is 0 Å². The molecular weight excluding hydrogens is 296 g/mol. The van der Waals surface area contributed by atoms with Gasteiger partial charge in [0, 0.05) is 5.02 Å². The number of nitrogens with one attached hydrogen (secondary N) is 1. The zero-order valence-electron chi connectivity index (χ0n) is 10.9. The molecule has 1 aromatic carbocycles. The van der Waals surface area contributed by atoms with Gasteiger partial charge in [0.05, 0.1) is 10.6 Å². The van der Waals surface area contributed by atoms with E-state index in [1.165, 1.54) is 0 Å². The maximum Gasteiger partial charge on any atom is 0.354 e. The molecule has 0 amide bonds. The van der Waals surface area contributed by atoms with Gasteiger partial charge in [0.15, 0.2) is 0 Å². The number of nitrogen functional groups attached to an aromatic ring is 1. The molecule has 9 heteroatoms. The fraction of sp³-hybridized carbons (Fsp3) is 0.0833. The van der Waals surface area contributed by atoms with Gasteiger partial charge >= 0.3 is 5.69 Å². The fourth-order valence-electron chi connectivity index (χ4n) is 1.55. The van der Waals surface area contributed by atoms with Gasteiger partial charge in [0.25, 0.3) is 0 Å². The molecule has 0 radical (unpaired) electrons. The number of halogens is 1. The van der Waals surface area contributed by atoms with Gasteiger partial charge < -0.3 is 5.73 Å². The van der Waals surface area contributed by atoms with E-state index in [0.29, 0.717) is 10.7 Å². The number of aromatic nitrogens is 2. The predicted molar refractivity (Wildman–Crippen MR) is 80.4 cm³/mol. The Morgan fingerprint density at radius 1 is 1.38 bits per heavy atom. The highest BCUT2D eigenvalue weighted by Gasteiger charge is 2.20. The molecule has 2 aromatic rings. The number of hydrogen-bond acceptors (Lipinski definition) is 7. The summed E-state index contributed by atoms with van der Waals surface area (Å²) in [5.74, 6) is -0.294. The smallest absolute Gasteiger partial charge is 0.354 e. The number of nitro groups is 1. The van der Waals surface area contributed by atoms with Crippen molar-refractivity contribution in [2.45, 2.75) is 6.92 Å². The molecule has 0 spiro atoms. The second-order valence-electron chi connectivity index (χ2n) is 4.03. The number of hydrogen-bond donors (Lipinski definition) is 2. The highest BCUT2D eigenvalue weighted by Crippen LogP contribution is 2.26. The average Bonchev–Trinajstić information content (AvgIpc) is 2.45. The lowest BCUT2D eigenvalue weighted by molar-refractivity contribution is -0.383. The standard InChI is InChI=1S/C12H11ClN6O2/c1-7(8-2-4-9(13)5-3-8)17-18-12-10(19(20)21)11(14)15-6-16-12/h2-6H,1H3,(H3,14,15,16,18)/b17-7-. The van der Waals surface area contributed by atoms with Gasteiger partial charge in [-0.2, -0.15) is 5.10 Å². The minimum atomic E-state index is -0.662. The third-order valence-electron chi connectivity index (χ3n) is 2.62. The number of anilines is 2. The molecule has 1 aromatic heterocycles. The molecule has 0 fully saturated rings. The first kappa shape index (κ1) is 14.7. The first-order chi connectivity index (χ1) is 9.99. The van der Waals surface area contributed by atoms with E-state index < -0.39 is 10.6 Å². The van der Waals surface area contributed by atoms with Gasteiger partial charge in [0.2, 0.25) is 11.6 Å². The van der Waals surface area contributed by atoms with E-state index in [0.717, 1.165) is 11.9 Å². The van der Waals surface area contributed by atoms with E-state index in [1.54, 1.807) is 31.2 Å². The van der Waals surface area contributed by atoms with E-state index in [4.69, 9.17) is 17.3 Å². The molecule has 0 unspecified atom stereocenters. The van der Waals surface area contributed by atoms with Crippen molar-refractivity contribution in [3.05, 3.63) is 51.3 Å². The maximum atomic E-state index is 10.9. The lowest BCUT2D eigenvalue weighted by Gasteiger charge is -2.04. The van der Waals surface area contributed by atoms with Crippen molar-refractivity contribution in [2.24, 2.45) is 5.10 Å². The summed E-state index contributed by atoms with van der Waals surface area (Å²) in [5.41, 5.74) is 9.00. The first-order valence-corrected chi connectivity index (χ1v) is 6.18. The highest BCUT2D eigenvalue weighted by molar-refractivity contribution is 6.30. The molecule has 0 bridgehead atoms. The molecule has 3 N–H and O–H groups in total. The van der Waals surface area contributed by atoms with Crippen LogP contribution in [0.25, 0.3) is 0 Å². The van der Waals surface area contributed by atoms with Crippen LogP contribution in [0, 0.1) is 10.1 Å². The van der Waals surface area contributed by atoms with Crippen LogP contribution in [0.1, 0.15) is 12.5 Å². The molecule has 21 heavy (non-hydrogen) atoms. The fourth-order valence-corrected chi connectivity index (χ4v) is 1.67. The second-order valence-corrected chi connectivity index (χ2v) is 4.47. The Labute approximate surface area is 124 Å². The van der Waals surface area contributed by atoms with Crippen molar-refractivity contribution in [3.8, 4) is 0 Å². The summed E-state index contributed by atoms with van der Waals surface area (Å²) in [4.78, 5) is 17.6. The van der Waals surface area contributed by atoms with Gasteiger partial charge in [-0.1, -0.05) is 23.7 Å². The van der Waals surface area contributed by atoms with Crippen LogP contribution in [0.2, 0.25) is 5.02 Å². The van der Waals surface area contributed by atoms with Crippen LogP contribution in [-0.4, -0.2) is 20.6 Å². The molecule has 0 aliphatic carbocycles. The number of hydrazone groups is 1. The van der Waals surface area contributed by atoms with Crippen LogP contribution < -0.4 is 11.2 Å². The zero-order valence-corrected chi connectivity index (χ0v) is 11.7. The summed E-state index contributed by atoms with van der Waals surface area (Å²) in [6.07, 6.45) is 1.12. The lowest BCUT2D eigenvalue weighted by atomic mass is 10.1. The molecule has 8 nitrogen and oxygen atoms in total. The number of nitrogens with zero attached hydrogens (tertiary/aromatic N) is 4. The van der Waals surface area contributed by atoms with E-state index in [1.807, 2.05) is 0 Å².